The van der Waals surface area contributed by atoms with E-state index in [1.807, 2.05) is 48.7 Å². The van der Waals surface area contributed by atoms with Crippen molar-refractivity contribution >= 4 is 22.6 Å². The van der Waals surface area contributed by atoms with Crippen molar-refractivity contribution in [2.24, 2.45) is 0 Å². The van der Waals surface area contributed by atoms with Gasteiger partial charge >= 0.3 is 0 Å². The first kappa shape index (κ1) is 11.3. The van der Waals surface area contributed by atoms with Crippen LogP contribution in [0.15, 0.2) is 54.9 Å². The second-order valence-corrected chi connectivity index (χ2v) is 4.88. The van der Waals surface area contributed by atoms with E-state index in [1.54, 1.807) is 10.9 Å². The molecular weight excluding hydrogens is 339 g/mol. The summed E-state index contributed by atoms with van der Waals surface area (Å²) in [5, 5.41) is 8.30. The first-order valence-electron chi connectivity index (χ1n) is 5.43. The van der Waals surface area contributed by atoms with Crippen LogP contribution in [0.1, 0.15) is 0 Å². The summed E-state index contributed by atoms with van der Waals surface area (Å²) in [6, 6.07) is 13.8. The van der Waals surface area contributed by atoms with Crippen molar-refractivity contribution in [2.75, 3.05) is 0 Å². The third-order valence-electron chi connectivity index (χ3n) is 2.52. The van der Waals surface area contributed by atoms with Crippen LogP contribution in [0.5, 0.6) is 0 Å². The van der Waals surface area contributed by atoms with E-state index in [-0.39, 0.29) is 0 Å². The van der Waals surface area contributed by atoms with E-state index in [0.717, 1.165) is 20.6 Å². The SMILES string of the molecule is Ic1ccccc1-n1cc(-c2ccccn2)nn1. The van der Waals surface area contributed by atoms with Crippen LogP contribution in [0.4, 0.5) is 0 Å². The van der Waals surface area contributed by atoms with E-state index in [0.29, 0.717) is 0 Å². The predicted octanol–water partition coefficient (Wildman–Crippen LogP) is 2.93. The van der Waals surface area contributed by atoms with Gasteiger partial charge < -0.3 is 0 Å². The molecule has 0 atom stereocenters. The normalized spacial score (nSPS) is 10.5. The molecule has 3 rings (SSSR count). The minimum Gasteiger partial charge on any atom is -0.254 e. The molecule has 18 heavy (non-hydrogen) atoms. The first-order chi connectivity index (χ1) is 8.84. The summed E-state index contributed by atoms with van der Waals surface area (Å²) >= 11 is 2.28. The molecule has 0 saturated heterocycles. The predicted molar refractivity (Wildman–Crippen MR) is 77.3 cm³/mol. The Labute approximate surface area is 118 Å². The van der Waals surface area contributed by atoms with Crippen LogP contribution in [-0.2, 0) is 0 Å². The van der Waals surface area contributed by atoms with Crippen molar-refractivity contribution in [3.05, 3.63) is 58.4 Å². The summed E-state index contributed by atoms with van der Waals surface area (Å²) in [7, 11) is 0. The summed E-state index contributed by atoms with van der Waals surface area (Å²) in [5.41, 5.74) is 2.62. The van der Waals surface area contributed by atoms with Gasteiger partial charge in [-0.1, -0.05) is 23.4 Å². The molecular formula is C13H9IN4. The van der Waals surface area contributed by atoms with E-state index in [1.165, 1.54) is 0 Å². The van der Waals surface area contributed by atoms with Gasteiger partial charge in [0, 0.05) is 9.77 Å². The summed E-state index contributed by atoms with van der Waals surface area (Å²) in [6.45, 7) is 0. The molecule has 0 bridgehead atoms. The van der Waals surface area contributed by atoms with Gasteiger partial charge in [-0.25, -0.2) is 4.68 Å². The summed E-state index contributed by atoms with van der Waals surface area (Å²) in [6.07, 6.45) is 3.64. The molecule has 0 aliphatic heterocycles. The fourth-order valence-electron chi connectivity index (χ4n) is 1.65. The third kappa shape index (κ3) is 2.13. The fourth-order valence-corrected chi connectivity index (χ4v) is 2.29. The van der Waals surface area contributed by atoms with Crippen LogP contribution in [0, 0.1) is 3.57 Å². The van der Waals surface area contributed by atoms with Gasteiger partial charge in [0.05, 0.1) is 17.6 Å². The molecule has 1 aromatic carbocycles. The Bertz CT molecular complexity index is 664. The van der Waals surface area contributed by atoms with Gasteiger partial charge in [-0.15, -0.1) is 5.10 Å². The van der Waals surface area contributed by atoms with Gasteiger partial charge in [0.25, 0.3) is 0 Å². The van der Waals surface area contributed by atoms with Crippen molar-refractivity contribution < 1.29 is 0 Å². The van der Waals surface area contributed by atoms with Crippen LogP contribution in [0.2, 0.25) is 0 Å². The molecule has 3 aromatic rings. The number of nitrogens with zero attached hydrogens (tertiary/aromatic N) is 4. The van der Waals surface area contributed by atoms with Gasteiger partial charge in [0.15, 0.2) is 0 Å². The lowest BCUT2D eigenvalue weighted by Gasteiger charge is -2.01. The van der Waals surface area contributed by atoms with Crippen LogP contribution in [-0.4, -0.2) is 20.0 Å². The molecule has 0 unspecified atom stereocenters. The monoisotopic (exact) mass is 348 g/mol. The van der Waals surface area contributed by atoms with E-state index in [2.05, 4.69) is 37.9 Å². The zero-order valence-electron chi connectivity index (χ0n) is 9.36. The molecule has 0 amide bonds. The maximum absolute atomic E-state index is 4.26. The quantitative estimate of drug-likeness (QED) is 0.669. The van der Waals surface area contributed by atoms with E-state index in [4.69, 9.17) is 0 Å². The van der Waals surface area contributed by atoms with Crippen LogP contribution in [0.3, 0.4) is 0 Å². The van der Waals surface area contributed by atoms with Gasteiger partial charge in [-0.3, -0.25) is 4.98 Å². The van der Waals surface area contributed by atoms with E-state index < -0.39 is 0 Å². The molecule has 2 heterocycles. The van der Waals surface area contributed by atoms with Crippen molar-refractivity contribution in [3.63, 3.8) is 0 Å². The highest BCUT2D eigenvalue weighted by Gasteiger charge is 2.07. The molecule has 88 valence electrons. The van der Waals surface area contributed by atoms with Crippen molar-refractivity contribution in [2.45, 2.75) is 0 Å². The molecule has 0 spiro atoms. The molecule has 0 saturated carbocycles. The van der Waals surface area contributed by atoms with E-state index >= 15 is 0 Å². The second-order valence-electron chi connectivity index (χ2n) is 3.71. The zero-order valence-corrected chi connectivity index (χ0v) is 11.5. The first-order valence-corrected chi connectivity index (χ1v) is 6.51. The number of hydrogen-bond donors (Lipinski definition) is 0. The van der Waals surface area contributed by atoms with Crippen LogP contribution in [0.25, 0.3) is 17.1 Å². The Hall–Kier alpha value is -1.76. The zero-order chi connectivity index (χ0) is 12.4. The number of hydrogen-bond acceptors (Lipinski definition) is 3. The highest BCUT2D eigenvalue weighted by atomic mass is 127. The van der Waals surface area contributed by atoms with Crippen LogP contribution < -0.4 is 0 Å². The van der Waals surface area contributed by atoms with Crippen molar-refractivity contribution in [1.82, 2.24) is 20.0 Å². The minimum absolute atomic E-state index is 0.773. The topological polar surface area (TPSA) is 43.6 Å². The second kappa shape index (κ2) is 4.85. The molecule has 0 aliphatic carbocycles. The number of benzene rings is 1. The number of aromatic nitrogens is 4. The Morgan fingerprint density at radius 2 is 1.78 bits per heavy atom. The van der Waals surface area contributed by atoms with Gasteiger partial charge in [-0.05, 0) is 46.9 Å². The molecule has 0 fully saturated rings. The van der Waals surface area contributed by atoms with Gasteiger partial charge in [0.1, 0.15) is 5.69 Å². The lowest BCUT2D eigenvalue weighted by molar-refractivity contribution is 0.800. The number of rotatable bonds is 2. The maximum Gasteiger partial charge on any atom is 0.131 e. The maximum atomic E-state index is 4.26. The summed E-state index contributed by atoms with van der Waals surface area (Å²) in [4.78, 5) is 4.26. The lowest BCUT2D eigenvalue weighted by Crippen LogP contribution is -1.96. The summed E-state index contributed by atoms with van der Waals surface area (Å²) < 4.78 is 2.90. The molecule has 0 aliphatic rings. The Kier molecular flexibility index (Phi) is 3.06. The molecule has 4 nitrogen and oxygen atoms in total. The highest BCUT2D eigenvalue weighted by Crippen LogP contribution is 2.18. The number of halogens is 1. The molecule has 0 N–H and O–H groups in total. The lowest BCUT2D eigenvalue weighted by atomic mass is 10.3. The van der Waals surface area contributed by atoms with Gasteiger partial charge in [-0.2, -0.15) is 0 Å². The fraction of sp³-hybridized carbons (Fsp3) is 0. The van der Waals surface area contributed by atoms with Crippen molar-refractivity contribution in [1.29, 1.82) is 0 Å². The number of pyridine rings is 1. The summed E-state index contributed by atoms with van der Waals surface area (Å²) in [5.74, 6) is 0. The molecule has 2 aromatic heterocycles. The Morgan fingerprint density at radius 3 is 2.56 bits per heavy atom. The average molecular weight is 348 g/mol. The van der Waals surface area contributed by atoms with E-state index in [9.17, 15) is 0 Å². The third-order valence-corrected chi connectivity index (χ3v) is 3.43. The van der Waals surface area contributed by atoms with Gasteiger partial charge in [0.2, 0.25) is 0 Å². The molecule has 0 radical (unpaired) electrons. The average Bonchev–Trinajstić information content (AvgIpc) is 2.90. The largest absolute Gasteiger partial charge is 0.254 e. The van der Waals surface area contributed by atoms with Crippen molar-refractivity contribution in [3.8, 4) is 17.1 Å². The molecule has 5 heteroatoms. The Balaban J connectivity index is 2.03. The smallest absolute Gasteiger partial charge is 0.131 e. The Morgan fingerprint density at radius 1 is 0.944 bits per heavy atom. The highest BCUT2D eigenvalue weighted by molar-refractivity contribution is 14.1. The number of para-hydroxylation sites is 1. The minimum atomic E-state index is 0.773. The standard InChI is InChI=1S/C13H9IN4/c14-10-5-1-2-7-13(10)18-9-12(16-17-18)11-6-3-4-8-15-11/h1-9H. The van der Waals surface area contributed by atoms with Crippen LogP contribution >= 0.6 is 22.6 Å².